The number of nitrogens with zero attached hydrogens (tertiary/aromatic N) is 1. The topological polar surface area (TPSA) is 83.9 Å². The number of aliphatic carboxylic acids is 1. The smallest absolute Gasteiger partial charge is 0.303 e. The maximum atomic E-state index is 15.2. The molecule has 0 bridgehead atoms. The third-order valence-electron chi connectivity index (χ3n) is 5.36. The minimum Gasteiger partial charge on any atom is -0.483 e. The molecule has 9 heteroatoms. The molecule has 1 atom stereocenters. The van der Waals surface area contributed by atoms with Crippen molar-refractivity contribution >= 4 is 33.3 Å². The average molecular weight is 490 g/mol. The molecule has 0 aromatic heterocycles. The van der Waals surface area contributed by atoms with Crippen LogP contribution in [0.2, 0.25) is 5.02 Å². The van der Waals surface area contributed by atoms with Gasteiger partial charge in [0.25, 0.3) is 10.0 Å². The second kappa shape index (κ2) is 9.03. The van der Waals surface area contributed by atoms with E-state index in [1.165, 1.54) is 18.2 Å². The number of carboxylic acids is 1. The summed E-state index contributed by atoms with van der Waals surface area (Å²) in [4.78, 5) is 11.1. The zero-order chi connectivity index (χ0) is 23.8. The van der Waals surface area contributed by atoms with Crippen LogP contribution in [0, 0.1) is 12.7 Å². The van der Waals surface area contributed by atoms with E-state index in [9.17, 15) is 13.2 Å². The Labute approximate surface area is 196 Å². The van der Waals surface area contributed by atoms with Gasteiger partial charge in [0.15, 0.2) is 11.6 Å². The van der Waals surface area contributed by atoms with Crippen molar-refractivity contribution in [3.8, 4) is 16.9 Å². The van der Waals surface area contributed by atoms with Crippen LogP contribution >= 0.6 is 11.6 Å². The predicted octanol–water partition coefficient (Wildman–Crippen LogP) is 5.28. The lowest BCUT2D eigenvalue weighted by Crippen LogP contribution is -2.44. The zero-order valence-electron chi connectivity index (χ0n) is 17.7. The van der Waals surface area contributed by atoms with Crippen LogP contribution in [0.25, 0.3) is 11.1 Å². The van der Waals surface area contributed by atoms with Crippen molar-refractivity contribution < 1.29 is 27.4 Å². The first kappa shape index (κ1) is 23.1. The SMILES string of the molecule is Cc1cccc(S(=O)(=O)N2C[C@H](CCC(=O)O)Oc3c(F)cc(-c4cccc(Cl)c4)cc32)c1. The molecule has 0 saturated carbocycles. The molecule has 1 N–H and O–H groups in total. The van der Waals surface area contributed by atoms with Crippen molar-refractivity contribution in [2.24, 2.45) is 0 Å². The largest absolute Gasteiger partial charge is 0.483 e. The minimum atomic E-state index is -4.08. The van der Waals surface area contributed by atoms with Crippen LogP contribution in [0.4, 0.5) is 10.1 Å². The first-order valence-electron chi connectivity index (χ1n) is 10.2. The highest BCUT2D eigenvalue weighted by Gasteiger charge is 2.36. The van der Waals surface area contributed by atoms with Gasteiger partial charge >= 0.3 is 5.97 Å². The van der Waals surface area contributed by atoms with Gasteiger partial charge in [-0.1, -0.05) is 35.9 Å². The number of carbonyl (C=O) groups is 1. The molecule has 1 heterocycles. The molecule has 1 aliphatic heterocycles. The van der Waals surface area contributed by atoms with Gasteiger partial charge in [-0.2, -0.15) is 0 Å². The normalized spacial score (nSPS) is 15.6. The predicted molar refractivity (Wildman–Crippen MR) is 124 cm³/mol. The van der Waals surface area contributed by atoms with Crippen LogP contribution in [0.15, 0.2) is 65.6 Å². The van der Waals surface area contributed by atoms with Crippen molar-refractivity contribution in [2.75, 3.05) is 10.8 Å². The molecule has 33 heavy (non-hydrogen) atoms. The average Bonchev–Trinajstić information content (AvgIpc) is 2.77. The Morgan fingerprint density at radius 3 is 2.61 bits per heavy atom. The van der Waals surface area contributed by atoms with E-state index < -0.39 is 27.9 Å². The zero-order valence-corrected chi connectivity index (χ0v) is 19.2. The van der Waals surface area contributed by atoms with E-state index in [0.29, 0.717) is 16.1 Å². The first-order valence-corrected chi connectivity index (χ1v) is 12.0. The summed E-state index contributed by atoms with van der Waals surface area (Å²) >= 11 is 6.08. The summed E-state index contributed by atoms with van der Waals surface area (Å²) in [5, 5.41) is 9.50. The van der Waals surface area contributed by atoms with Gasteiger partial charge in [0.1, 0.15) is 6.10 Å². The molecule has 172 valence electrons. The number of ether oxygens (including phenoxy) is 1. The van der Waals surface area contributed by atoms with Gasteiger partial charge in [-0.15, -0.1) is 0 Å². The summed E-state index contributed by atoms with van der Waals surface area (Å²) in [5.74, 6) is -2.01. The van der Waals surface area contributed by atoms with E-state index >= 15 is 4.39 Å². The number of aryl methyl sites for hydroxylation is 1. The molecule has 0 unspecified atom stereocenters. The number of hydrogen-bond acceptors (Lipinski definition) is 4. The molecule has 0 fully saturated rings. The van der Waals surface area contributed by atoms with Crippen LogP contribution in [0.1, 0.15) is 18.4 Å². The lowest BCUT2D eigenvalue weighted by Gasteiger charge is -2.36. The summed E-state index contributed by atoms with van der Waals surface area (Å²) < 4.78 is 49.3. The van der Waals surface area contributed by atoms with Crippen molar-refractivity contribution in [2.45, 2.75) is 30.8 Å². The van der Waals surface area contributed by atoms with Crippen LogP contribution < -0.4 is 9.04 Å². The van der Waals surface area contributed by atoms with Gasteiger partial charge < -0.3 is 9.84 Å². The highest BCUT2D eigenvalue weighted by atomic mass is 35.5. The summed E-state index contributed by atoms with van der Waals surface area (Å²) in [5.41, 5.74) is 1.86. The second-order valence-electron chi connectivity index (χ2n) is 7.84. The minimum absolute atomic E-state index is 0.0318. The van der Waals surface area contributed by atoms with Gasteiger partial charge in [0.05, 0.1) is 17.1 Å². The lowest BCUT2D eigenvalue weighted by atomic mass is 10.0. The van der Waals surface area contributed by atoms with Crippen LogP contribution in [0.5, 0.6) is 5.75 Å². The standard InChI is InChI=1S/C24H21ClFNO5S/c1-15-4-2-7-20(10-15)33(30,31)27-14-19(8-9-23(28)29)32-24-21(26)12-17(13-22(24)27)16-5-3-6-18(25)11-16/h2-7,10-13,19H,8-9,14H2,1H3,(H,28,29)/t19-/m0/s1. The van der Waals surface area contributed by atoms with Crippen LogP contribution in [0.3, 0.4) is 0 Å². The molecule has 1 aliphatic rings. The van der Waals surface area contributed by atoms with Gasteiger partial charge in [-0.05, 0) is 66.4 Å². The molecule has 0 radical (unpaired) electrons. The molecule has 0 aliphatic carbocycles. The van der Waals surface area contributed by atoms with Crippen molar-refractivity contribution in [1.82, 2.24) is 0 Å². The van der Waals surface area contributed by atoms with E-state index in [2.05, 4.69) is 0 Å². The number of anilines is 1. The number of sulfonamides is 1. The van der Waals surface area contributed by atoms with Gasteiger partial charge in [-0.25, -0.2) is 12.8 Å². The molecule has 3 aromatic rings. The van der Waals surface area contributed by atoms with E-state index in [4.69, 9.17) is 21.4 Å². The Kier molecular flexibility index (Phi) is 6.32. The van der Waals surface area contributed by atoms with Crippen LogP contribution in [-0.4, -0.2) is 32.1 Å². The molecule has 3 aromatic carbocycles. The second-order valence-corrected chi connectivity index (χ2v) is 10.1. The Morgan fingerprint density at radius 1 is 1.15 bits per heavy atom. The van der Waals surface area contributed by atoms with E-state index in [1.54, 1.807) is 49.4 Å². The van der Waals surface area contributed by atoms with E-state index in [1.807, 2.05) is 0 Å². The Morgan fingerprint density at radius 2 is 1.91 bits per heavy atom. The molecule has 4 rings (SSSR count). The highest BCUT2D eigenvalue weighted by Crippen LogP contribution is 2.42. The summed E-state index contributed by atoms with van der Waals surface area (Å²) in [6.07, 6.45) is -1.02. The Bertz CT molecular complexity index is 1330. The molecular weight excluding hydrogens is 469 g/mol. The van der Waals surface area contributed by atoms with Crippen molar-refractivity contribution in [3.63, 3.8) is 0 Å². The Hall–Kier alpha value is -3.10. The maximum absolute atomic E-state index is 15.2. The quantitative estimate of drug-likeness (QED) is 0.509. The number of hydrogen-bond donors (Lipinski definition) is 1. The fraction of sp³-hybridized carbons (Fsp3) is 0.208. The fourth-order valence-corrected chi connectivity index (χ4v) is 5.56. The number of halogens is 2. The molecule has 0 saturated heterocycles. The lowest BCUT2D eigenvalue weighted by molar-refractivity contribution is -0.137. The van der Waals surface area contributed by atoms with Gasteiger partial charge in [0.2, 0.25) is 0 Å². The monoisotopic (exact) mass is 489 g/mol. The third-order valence-corrected chi connectivity index (χ3v) is 7.37. The molecular formula is C24H21ClFNO5S. The number of carboxylic acid groups (broad SMARTS) is 1. The van der Waals surface area contributed by atoms with Crippen LogP contribution in [-0.2, 0) is 14.8 Å². The number of rotatable bonds is 6. The maximum Gasteiger partial charge on any atom is 0.303 e. The van der Waals surface area contributed by atoms with Gasteiger partial charge in [0, 0.05) is 11.4 Å². The summed E-state index contributed by atoms with van der Waals surface area (Å²) in [6, 6.07) is 16.0. The van der Waals surface area contributed by atoms with Gasteiger partial charge in [-0.3, -0.25) is 9.10 Å². The molecule has 0 spiro atoms. The van der Waals surface area contributed by atoms with E-state index in [0.717, 1.165) is 9.87 Å². The number of benzene rings is 3. The van der Waals surface area contributed by atoms with E-state index in [-0.39, 0.29) is 35.7 Å². The molecule has 6 nitrogen and oxygen atoms in total. The van der Waals surface area contributed by atoms with Crippen molar-refractivity contribution in [3.05, 3.63) is 77.1 Å². The first-order chi connectivity index (χ1) is 15.6. The summed E-state index contributed by atoms with van der Waals surface area (Å²) in [6.45, 7) is 1.63. The summed E-state index contributed by atoms with van der Waals surface area (Å²) in [7, 11) is -4.08. The number of fused-ring (bicyclic) bond motifs is 1. The Balaban J connectivity index is 1.85. The third kappa shape index (κ3) is 4.82. The highest BCUT2D eigenvalue weighted by molar-refractivity contribution is 7.92. The fourth-order valence-electron chi connectivity index (χ4n) is 3.77. The van der Waals surface area contributed by atoms with Crippen molar-refractivity contribution in [1.29, 1.82) is 0 Å². The molecule has 0 amide bonds.